The zero-order chi connectivity index (χ0) is 15.2. The van der Waals surface area contributed by atoms with E-state index in [2.05, 4.69) is 4.74 Å². The van der Waals surface area contributed by atoms with Crippen molar-refractivity contribution in [3.63, 3.8) is 0 Å². The standard InChI is InChI=1S/C17H19NO3/c1-12(18)15-5-3-4-6-16(15)21-11-13-7-9-14(10-8-13)17(19)20-2/h3-10,12H,11,18H2,1-2H3/t12-/m0/s1. The van der Waals surface area contributed by atoms with E-state index >= 15 is 0 Å². The molecular formula is C17H19NO3. The lowest BCUT2D eigenvalue weighted by atomic mass is 10.1. The van der Waals surface area contributed by atoms with Crippen molar-refractivity contribution in [1.29, 1.82) is 0 Å². The lowest BCUT2D eigenvalue weighted by Crippen LogP contribution is -2.08. The second-order valence-electron chi connectivity index (χ2n) is 4.80. The molecule has 1 atom stereocenters. The summed E-state index contributed by atoms with van der Waals surface area (Å²) in [6, 6.07) is 14.8. The first-order valence-electron chi connectivity index (χ1n) is 6.76. The van der Waals surface area contributed by atoms with Crippen molar-refractivity contribution in [2.45, 2.75) is 19.6 Å². The molecule has 21 heavy (non-hydrogen) atoms. The van der Waals surface area contributed by atoms with Crippen LogP contribution in [0.3, 0.4) is 0 Å². The number of nitrogens with two attached hydrogens (primary N) is 1. The fraction of sp³-hybridized carbons (Fsp3) is 0.235. The molecule has 0 fully saturated rings. The first kappa shape index (κ1) is 15.1. The highest BCUT2D eigenvalue weighted by atomic mass is 16.5. The van der Waals surface area contributed by atoms with Gasteiger partial charge in [-0.25, -0.2) is 4.79 Å². The van der Waals surface area contributed by atoms with Crippen LogP contribution >= 0.6 is 0 Å². The fourth-order valence-corrected chi connectivity index (χ4v) is 2.00. The second kappa shape index (κ2) is 6.90. The lowest BCUT2D eigenvalue weighted by Gasteiger charge is -2.14. The molecule has 2 N–H and O–H groups in total. The van der Waals surface area contributed by atoms with Gasteiger partial charge in [-0.2, -0.15) is 0 Å². The zero-order valence-corrected chi connectivity index (χ0v) is 12.2. The minimum absolute atomic E-state index is 0.0806. The molecular weight excluding hydrogens is 266 g/mol. The molecule has 0 amide bonds. The molecule has 4 nitrogen and oxygen atoms in total. The minimum Gasteiger partial charge on any atom is -0.489 e. The van der Waals surface area contributed by atoms with Gasteiger partial charge in [-0.05, 0) is 30.7 Å². The van der Waals surface area contributed by atoms with Crippen molar-refractivity contribution in [3.05, 3.63) is 65.2 Å². The molecule has 0 bridgehead atoms. The number of ether oxygens (including phenoxy) is 2. The van der Waals surface area contributed by atoms with E-state index in [9.17, 15) is 4.79 Å². The highest BCUT2D eigenvalue weighted by Crippen LogP contribution is 2.24. The van der Waals surface area contributed by atoms with E-state index in [-0.39, 0.29) is 12.0 Å². The normalized spacial score (nSPS) is 11.8. The number of methoxy groups -OCH3 is 1. The van der Waals surface area contributed by atoms with Gasteiger partial charge in [0.05, 0.1) is 12.7 Å². The fourth-order valence-electron chi connectivity index (χ4n) is 2.00. The van der Waals surface area contributed by atoms with E-state index in [0.717, 1.165) is 16.9 Å². The van der Waals surface area contributed by atoms with Gasteiger partial charge in [-0.1, -0.05) is 30.3 Å². The van der Waals surface area contributed by atoms with Gasteiger partial charge >= 0.3 is 5.97 Å². The van der Waals surface area contributed by atoms with Crippen LogP contribution in [0.1, 0.15) is 34.5 Å². The van der Waals surface area contributed by atoms with Crippen LogP contribution in [0.2, 0.25) is 0 Å². The number of benzene rings is 2. The summed E-state index contributed by atoms with van der Waals surface area (Å²) in [6.07, 6.45) is 0. The smallest absolute Gasteiger partial charge is 0.337 e. The Kier molecular flexibility index (Phi) is 4.95. The molecule has 0 unspecified atom stereocenters. The van der Waals surface area contributed by atoms with Crippen LogP contribution < -0.4 is 10.5 Å². The van der Waals surface area contributed by atoms with Gasteiger partial charge in [0.25, 0.3) is 0 Å². The molecule has 0 aliphatic heterocycles. The topological polar surface area (TPSA) is 61.5 Å². The molecule has 2 rings (SSSR count). The summed E-state index contributed by atoms with van der Waals surface area (Å²) in [5.74, 6) is 0.439. The van der Waals surface area contributed by atoms with Crippen LogP contribution in [0.4, 0.5) is 0 Å². The zero-order valence-electron chi connectivity index (χ0n) is 12.2. The molecule has 0 saturated heterocycles. The molecule has 0 spiro atoms. The molecule has 0 radical (unpaired) electrons. The molecule has 2 aromatic rings. The second-order valence-corrected chi connectivity index (χ2v) is 4.80. The summed E-state index contributed by atoms with van der Waals surface area (Å²) < 4.78 is 10.5. The number of hydrogen-bond donors (Lipinski definition) is 1. The maximum absolute atomic E-state index is 11.4. The molecule has 4 heteroatoms. The van der Waals surface area contributed by atoms with E-state index in [1.54, 1.807) is 12.1 Å². The third-order valence-electron chi connectivity index (χ3n) is 3.18. The number of para-hydroxylation sites is 1. The summed E-state index contributed by atoms with van der Waals surface area (Å²) in [5.41, 5.74) is 8.40. The predicted octanol–water partition coefficient (Wildman–Crippen LogP) is 3.07. The van der Waals surface area contributed by atoms with Gasteiger partial charge in [0.1, 0.15) is 12.4 Å². The van der Waals surface area contributed by atoms with E-state index in [4.69, 9.17) is 10.5 Å². The third-order valence-corrected chi connectivity index (χ3v) is 3.18. The molecule has 0 aliphatic rings. The number of esters is 1. The molecule has 110 valence electrons. The van der Waals surface area contributed by atoms with Crippen LogP contribution in [-0.2, 0) is 11.3 Å². The third kappa shape index (κ3) is 3.83. The van der Waals surface area contributed by atoms with Crippen LogP contribution in [0, 0.1) is 0 Å². The van der Waals surface area contributed by atoms with E-state index in [1.807, 2.05) is 43.3 Å². The van der Waals surface area contributed by atoms with Crippen LogP contribution in [0.15, 0.2) is 48.5 Å². The quantitative estimate of drug-likeness (QED) is 0.858. The monoisotopic (exact) mass is 285 g/mol. The number of carbonyl (C=O) groups is 1. The summed E-state index contributed by atoms with van der Waals surface area (Å²) in [4.78, 5) is 11.4. The molecule has 0 aromatic heterocycles. The summed E-state index contributed by atoms with van der Waals surface area (Å²) in [7, 11) is 1.37. The Morgan fingerprint density at radius 1 is 1.14 bits per heavy atom. The van der Waals surface area contributed by atoms with Gasteiger partial charge in [0, 0.05) is 11.6 Å². The Hall–Kier alpha value is -2.33. The molecule has 0 heterocycles. The van der Waals surface area contributed by atoms with Gasteiger partial charge in [0.2, 0.25) is 0 Å². The minimum atomic E-state index is -0.343. The molecule has 0 saturated carbocycles. The molecule has 2 aromatic carbocycles. The number of hydrogen-bond acceptors (Lipinski definition) is 4. The van der Waals surface area contributed by atoms with Crippen LogP contribution in [0.25, 0.3) is 0 Å². The van der Waals surface area contributed by atoms with E-state index in [0.29, 0.717) is 12.2 Å². The van der Waals surface area contributed by atoms with Crippen molar-refractivity contribution in [1.82, 2.24) is 0 Å². The maximum atomic E-state index is 11.4. The summed E-state index contributed by atoms with van der Waals surface area (Å²) >= 11 is 0. The van der Waals surface area contributed by atoms with Crippen molar-refractivity contribution < 1.29 is 14.3 Å². The van der Waals surface area contributed by atoms with Crippen molar-refractivity contribution in [2.75, 3.05) is 7.11 Å². The largest absolute Gasteiger partial charge is 0.489 e. The van der Waals surface area contributed by atoms with Gasteiger partial charge in [-0.3, -0.25) is 0 Å². The Labute approximate surface area is 124 Å². The summed E-state index contributed by atoms with van der Waals surface area (Å²) in [5, 5.41) is 0. The Bertz CT molecular complexity index is 606. The van der Waals surface area contributed by atoms with E-state index in [1.165, 1.54) is 7.11 Å². The van der Waals surface area contributed by atoms with Crippen molar-refractivity contribution in [2.24, 2.45) is 5.73 Å². The maximum Gasteiger partial charge on any atom is 0.337 e. The Morgan fingerprint density at radius 3 is 2.43 bits per heavy atom. The van der Waals surface area contributed by atoms with Gasteiger partial charge in [-0.15, -0.1) is 0 Å². The predicted molar refractivity (Wildman–Crippen MR) is 81.2 cm³/mol. The number of rotatable bonds is 5. The molecule has 0 aliphatic carbocycles. The van der Waals surface area contributed by atoms with Crippen LogP contribution in [0.5, 0.6) is 5.75 Å². The lowest BCUT2D eigenvalue weighted by molar-refractivity contribution is 0.0600. The van der Waals surface area contributed by atoms with Crippen molar-refractivity contribution >= 4 is 5.97 Å². The number of carbonyl (C=O) groups excluding carboxylic acids is 1. The first-order chi connectivity index (χ1) is 10.1. The van der Waals surface area contributed by atoms with Gasteiger partial charge < -0.3 is 15.2 Å². The average molecular weight is 285 g/mol. The van der Waals surface area contributed by atoms with Crippen LogP contribution in [-0.4, -0.2) is 13.1 Å². The van der Waals surface area contributed by atoms with Crippen molar-refractivity contribution in [3.8, 4) is 5.75 Å². The van der Waals surface area contributed by atoms with E-state index < -0.39 is 0 Å². The Morgan fingerprint density at radius 2 is 1.81 bits per heavy atom. The Balaban J connectivity index is 2.05. The van der Waals surface area contributed by atoms with Gasteiger partial charge in [0.15, 0.2) is 0 Å². The average Bonchev–Trinajstić information content (AvgIpc) is 2.52. The highest BCUT2D eigenvalue weighted by molar-refractivity contribution is 5.89. The SMILES string of the molecule is COC(=O)c1ccc(COc2ccccc2[C@H](C)N)cc1. The highest BCUT2D eigenvalue weighted by Gasteiger charge is 2.08. The summed E-state index contributed by atoms with van der Waals surface area (Å²) in [6.45, 7) is 2.35. The first-order valence-corrected chi connectivity index (χ1v) is 6.76.